The minimum atomic E-state index is -4.23. The Hall–Kier alpha value is -0.0100. The van der Waals surface area contributed by atoms with Crippen LogP contribution in [0.25, 0.3) is 0 Å². The number of hydrogen-bond acceptors (Lipinski definition) is 6. The van der Waals surface area contributed by atoms with E-state index in [0.29, 0.717) is 6.42 Å². The second-order valence-electron chi connectivity index (χ2n) is 12.0. The molecule has 0 heterocycles. The number of phosphoric ester groups is 1. The summed E-state index contributed by atoms with van der Waals surface area (Å²) in [5, 5.41) is 17.5. The van der Waals surface area contributed by atoms with Crippen molar-refractivity contribution in [2.75, 3.05) is 19.8 Å². The number of aliphatic hydroxyl groups is 2. The molecule has 0 spiro atoms. The van der Waals surface area contributed by atoms with Crippen molar-refractivity contribution in [1.82, 2.24) is 0 Å². The van der Waals surface area contributed by atoms with Crippen molar-refractivity contribution in [2.45, 2.75) is 151 Å². The zero-order valence-electron chi connectivity index (χ0n) is 26.1. The fourth-order valence-corrected chi connectivity index (χ4v) is 5.27. The van der Waals surface area contributed by atoms with Gasteiger partial charge in [0, 0.05) is 6.54 Å². The summed E-state index contributed by atoms with van der Waals surface area (Å²) in [5.74, 6) is 3.71. The van der Waals surface area contributed by atoms with Crippen molar-refractivity contribution in [3.05, 3.63) is 0 Å². The van der Waals surface area contributed by atoms with Gasteiger partial charge >= 0.3 is 7.82 Å². The highest BCUT2D eigenvalue weighted by Gasteiger charge is 2.26. The lowest BCUT2D eigenvalue weighted by atomic mass is 9.91. The molecule has 0 aromatic carbocycles. The minimum Gasteiger partial charge on any atom is -0.394 e. The Morgan fingerprint density at radius 3 is 1.68 bits per heavy atom. The molecule has 7 nitrogen and oxygen atoms in total. The molecule has 0 aromatic rings. The van der Waals surface area contributed by atoms with Crippen LogP contribution in [0.4, 0.5) is 0 Å². The lowest BCUT2D eigenvalue weighted by molar-refractivity contribution is 0.0286. The van der Waals surface area contributed by atoms with Gasteiger partial charge in [-0.05, 0) is 30.1 Å². The summed E-state index contributed by atoms with van der Waals surface area (Å²) in [4.78, 5) is 9.38. The van der Waals surface area contributed by atoms with Gasteiger partial charge in [0.15, 0.2) is 0 Å². The molecule has 6 unspecified atom stereocenters. The second-order valence-corrected chi connectivity index (χ2v) is 13.4. The zero-order valence-corrected chi connectivity index (χ0v) is 27.0. The third kappa shape index (κ3) is 27.6. The minimum absolute atomic E-state index is 0.125. The lowest BCUT2D eigenvalue weighted by Gasteiger charge is -2.20. The van der Waals surface area contributed by atoms with Gasteiger partial charge in [0.2, 0.25) is 0 Å². The van der Waals surface area contributed by atoms with E-state index in [4.69, 9.17) is 20.5 Å². The van der Waals surface area contributed by atoms with Gasteiger partial charge in [0.1, 0.15) is 6.10 Å². The number of rotatable bonds is 24. The first-order valence-corrected chi connectivity index (χ1v) is 17.0. The van der Waals surface area contributed by atoms with E-state index in [9.17, 15) is 9.46 Å². The highest BCUT2D eigenvalue weighted by molar-refractivity contribution is 7.47. The molecular formula is C30H66NO6P. The predicted molar refractivity (Wildman–Crippen MR) is 161 cm³/mol. The van der Waals surface area contributed by atoms with E-state index < -0.39 is 33.2 Å². The Balaban J connectivity index is 0. The molecule has 0 aromatic heterocycles. The maximum atomic E-state index is 11.5. The van der Waals surface area contributed by atoms with Gasteiger partial charge in [0.25, 0.3) is 0 Å². The third-order valence-electron chi connectivity index (χ3n) is 7.28. The van der Waals surface area contributed by atoms with Crippen LogP contribution in [-0.4, -0.2) is 47.1 Å². The molecule has 8 heteroatoms. The molecule has 0 fully saturated rings. The van der Waals surface area contributed by atoms with E-state index in [1.165, 1.54) is 64.2 Å². The summed E-state index contributed by atoms with van der Waals surface area (Å²) >= 11 is 0. The quantitative estimate of drug-likeness (QED) is 0.0692. The van der Waals surface area contributed by atoms with Gasteiger partial charge in [0.05, 0.1) is 19.3 Å². The van der Waals surface area contributed by atoms with Crippen molar-refractivity contribution in [2.24, 2.45) is 29.4 Å². The van der Waals surface area contributed by atoms with Crippen molar-refractivity contribution in [1.29, 1.82) is 0 Å². The predicted octanol–water partition coefficient (Wildman–Crippen LogP) is 7.85. The normalized spacial score (nSPS) is 17.3. The molecule has 0 bridgehead atoms. The van der Waals surface area contributed by atoms with Gasteiger partial charge in [-0.2, -0.15) is 0 Å². The number of nitrogens with two attached hydrogens (primary N) is 1. The van der Waals surface area contributed by atoms with Crippen LogP contribution >= 0.6 is 7.82 Å². The zero-order chi connectivity index (χ0) is 29.4. The van der Waals surface area contributed by atoms with Crippen molar-refractivity contribution >= 4 is 7.82 Å². The standard InChI is InChI=1S/C20H42.C10H24NO6P/c1-7-18(4)12-9-14-20(6)16-10-15-19(5)13-8-11-17(2)3;1-2-3-4-5-10(6-11)17-18(14,15)16-8-9(13)7-12/h17-20H,7-16H2,1-6H3;9-10,12-13H,2-8,11H2,1H3,(H,14,15). The molecule has 5 N–H and O–H groups in total. The molecule has 232 valence electrons. The summed E-state index contributed by atoms with van der Waals surface area (Å²) in [5.41, 5.74) is 5.44. The largest absolute Gasteiger partial charge is 0.472 e. The third-order valence-corrected chi connectivity index (χ3v) is 8.32. The Kier molecular flexibility index (Phi) is 27.4. The van der Waals surface area contributed by atoms with Crippen LogP contribution in [0.3, 0.4) is 0 Å². The first-order chi connectivity index (χ1) is 17.9. The molecule has 38 heavy (non-hydrogen) atoms. The van der Waals surface area contributed by atoms with E-state index in [1.807, 2.05) is 0 Å². The average molecular weight is 568 g/mol. The molecule has 0 saturated heterocycles. The van der Waals surface area contributed by atoms with Crippen molar-refractivity contribution in [3.63, 3.8) is 0 Å². The summed E-state index contributed by atoms with van der Waals surface area (Å²) in [6.45, 7) is 15.5. The van der Waals surface area contributed by atoms with Crippen LogP contribution in [0.5, 0.6) is 0 Å². The Bertz CT molecular complexity index is 551. The highest BCUT2D eigenvalue weighted by Crippen LogP contribution is 2.45. The lowest BCUT2D eigenvalue weighted by Crippen LogP contribution is -2.24. The highest BCUT2D eigenvalue weighted by atomic mass is 31.2. The number of phosphoric acid groups is 1. The smallest absolute Gasteiger partial charge is 0.394 e. The summed E-state index contributed by atoms with van der Waals surface area (Å²) in [7, 11) is -4.23. The van der Waals surface area contributed by atoms with E-state index in [-0.39, 0.29) is 6.54 Å². The van der Waals surface area contributed by atoms with Crippen LogP contribution in [0, 0.1) is 23.7 Å². The van der Waals surface area contributed by atoms with Gasteiger partial charge in [-0.15, -0.1) is 0 Å². The van der Waals surface area contributed by atoms with Crippen LogP contribution in [-0.2, 0) is 13.6 Å². The van der Waals surface area contributed by atoms with Crippen molar-refractivity contribution in [3.8, 4) is 0 Å². The average Bonchev–Trinajstić information content (AvgIpc) is 2.86. The van der Waals surface area contributed by atoms with Crippen LogP contribution in [0.15, 0.2) is 0 Å². The fraction of sp³-hybridized carbons (Fsp3) is 1.00. The van der Waals surface area contributed by atoms with Crippen LogP contribution in [0.2, 0.25) is 0 Å². The number of hydrogen-bond donors (Lipinski definition) is 4. The summed E-state index contributed by atoms with van der Waals surface area (Å²) in [6, 6.07) is 0. The van der Waals surface area contributed by atoms with E-state index in [1.54, 1.807) is 0 Å². The van der Waals surface area contributed by atoms with Crippen LogP contribution in [0.1, 0.15) is 138 Å². The van der Waals surface area contributed by atoms with Gasteiger partial charge in [-0.1, -0.05) is 132 Å². The topological polar surface area (TPSA) is 122 Å². The van der Waals surface area contributed by atoms with Crippen molar-refractivity contribution < 1.29 is 28.7 Å². The molecule has 0 saturated carbocycles. The van der Waals surface area contributed by atoms with Gasteiger partial charge < -0.3 is 20.8 Å². The molecule has 0 radical (unpaired) electrons. The van der Waals surface area contributed by atoms with Gasteiger partial charge in [-0.3, -0.25) is 9.05 Å². The maximum Gasteiger partial charge on any atom is 0.472 e. The summed E-state index contributed by atoms with van der Waals surface area (Å²) in [6.07, 6.45) is 16.1. The second kappa shape index (κ2) is 25.9. The van der Waals surface area contributed by atoms with E-state index >= 15 is 0 Å². The summed E-state index contributed by atoms with van der Waals surface area (Å²) < 4.78 is 20.9. The Morgan fingerprint density at radius 1 is 0.763 bits per heavy atom. The molecule has 0 aliphatic heterocycles. The first-order valence-electron chi connectivity index (χ1n) is 15.5. The fourth-order valence-electron chi connectivity index (χ4n) is 4.28. The van der Waals surface area contributed by atoms with Gasteiger partial charge in [-0.25, -0.2) is 4.57 Å². The van der Waals surface area contributed by atoms with E-state index in [0.717, 1.165) is 42.9 Å². The first kappa shape index (κ1) is 40.1. The van der Waals surface area contributed by atoms with E-state index in [2.05, 4.69) is 53.0 Å². The SMILES string of the molecule is CCC(C)CCCC(C)CCCC(C)CCCC(C)C.CCCCCC(CN)OP(=O)(O)OCC(O)CO. The monoisotopic (exact) mass is 567 g/mol. The molecule has 6 atom stereocenters. The molecule has 0 aliphatic rings. The van der Waals surface area contributed by atoms with Crippen LogP contribution < -0.4 is 5.73 Å². The Labute approximate surface area is 236 Å². The molecular weight excluding hydrogens is 501 g/mol. The molecule has 0 amide bonds. The molecule has 0 rings (SSSR count). The Morgan fingerprint density at radius 2 is 1.26 bits per heavy atom. The molecule has 0 aliphatic carbocycles. The maximum absolute atomic E-state index is 11.5. The number of unbranched alkanes of at least 4 members (excludes halogenated alkanes) is 2. The number of aliphatic hydroxyl groups excluding tert-OH is 2.